The first-order valence-corrected chi connectivity index (χ1v) is 5.51. The quantitative estimate of drug-likeness (QED) is 0.455. The molecule has 1 atom stereocenters. The number of primary amides is 1. The van der Waals surface area contributed by atoms with Crippen LogP contribution in [0.1, 0.15) is 26.2 Å². The molecule has 0 aromatic heterocycles. The second kappa shape index (κ2) is 9.11. The number of aliphatic hydroxyl groups is 1. The van der Waals surface area contributed by atoms with E-state index >= 15 is 0 Å². The normalized spacial score (nSPS) is 12.1. The smallest absolute Gasteiger partial charge is 0.318 e. The number of imide groups is 1. The summed E-state index contributed by atoms with van der Waals surface area (Å²) in [6.45, 7) is 2.94. The molecule has 16 heavy (non-hydrogen) atoms. The van der Waals surface area contributed by atoms with Gasteiger partial charge in [0.05, 0.1) is 6.54 Å². The van der Waals surface area contributed by atoms with E-state index in [4.69, 9.17) is 10.8 Å². The molecule has 0 aromatic carbocycles. The molecule has 6 nitrogen and oxygen atoms in total. The molecule has 0 aromatic rings. The van der Waals surface area contributed by atoms with Crippen LogP contribution in [0, 0.1) is 5.92 Å². The average molecular weight is 231 g/mol. The van der Waals surface area contributed by atoms with Crippen LogP contribution < -0.4 is 16.4 Å². The highest BCUT2D eigenvalue weighted by molar-refractivity contribution is 5.94. The van der Waals surface area contributed by atoms with Crippen LogP contribution in [0.25, 0.3) is 0 Å². The van der Waals surface area contributed by atoms with Crippen LogP contribution in [-0.4, -0.2) is 36.7 Å². The topological polar surface area (TPSA) is 104 Å². The molecule has 0 radical (unpaired) electrons. The summed E-state index contributed by atoms with van der Waals surface area (Å²) in [6.07, 6.45) is 2.77. The van der Waals surface area contributed by atoms with E-state index in [1.54, 1.807) is 0 Å². The lowest BCUT2D eigenvalue weighted by Gasteiger charge is -2.15. The number of hydrogen-bond donors (Lipinski definition) is 4. The van der Waals surface area contributed by atoms with Gasteiger partial charge in [0.25, 0.3) is 0 Å². The Morgan fingerprint density at radius 2 is 2.06 bits per heavy atom. The first-order valence-electron chi connectivity index (χ1n) is 5.51. The van der Waals surface area contributed by atoms with Gasteiger partial charge in [0, 0.05) is 6.61 Å². The van der Waals surface area contributed by atoms with E-state index in [9.17, 15) is 9.59 Å². The van der Waals surface area contributed by atoms with Crippen molar-refractivity contribution < 1.29 is 14.7 Å². The minimum atomic E-state index is -0.840. The Bertz CT molecular complexity index is 215. The number of nitrogens with two attached hydrogens (primary N) is 1. The van der Waals surface area contributed by atoms with Crippen molar-refractivity contribution in [3.8, 4) is 0 Å². The van der Waals surface area contributed by atoms with Crippen LogP contribution in [0.3, 0.4) is 0 Å². The van der Waals surface area contributed by atoms with Gasteiger partial charge in [0.2, 0.25) is 5.91 Å². The van der Waals surface area contributed by atoms with Crippen LogP contribution in [0.4, 0.5) is 4.79 Å². The Labute approximate surface area is 95.6 Å². The second-order valence-corrected chi connectivity index (χ2v) is 3.71. The summed E-state index contributed by atoms with van der Waals surface area (Å²) in [4.78, 5) is 21.4. The van der Waals surface area contributed by atoms with E-state index in [2.05, 4.69) is 12.2 Å². The van der Waals surface area contributed by atoms with Crippen LogP contribution in [0.5, 0.6) is 0 Å². The maximum absolute atomic E-state index is 11.0. The van der Waals surface area contributed by atoms with Crippen LogP contribution in [-0.2, 0) is 4.79 Å². The molecule has 5 N–H and O–H groups in total. The summed E-state index contributed by atoms with van der Waals surface area (Å²) in [5, 5.41) is 13.7. The average Bonchev–Trinajstić information content (AvgIpc) is 2.17. The number of carbonyl (C=O) groups is 2. The molecule has 0 rings (SSSR count). The van der Waals surface area contributed by atoms with E-state index in [0.29, 0.717) is 12.5 Å². The largest absolute Gasteiger partial charge is 0.396 e. The van der Waals surface area contributed by atoms with Crippen molar-refractivity contribution in [2.24, 2.45) is 11.7 Å². The van der Waals surface area contributed by atoms with Gasteiger partial charge in [-0.3, -0.25) is 10.1 Å². The highest BCUT2D eigenvalue weighted by Gasteiger charge is 2.08. The van der Waals surface area contributed by atoms with Gasteiger partial charge in [-0.25, -0.2) is 4.79 Å². The molecular formula is C10H21N3O3. The molecule has 0 aliphatic rings. The second-order valence-electron chi connectivity index (χ2n) is 3.71. The van der Waals surface area contributed by atoms with E-state index in [1.165, 1.54) is 0 Å². The first-order chi connectivity index (χ1) is 7.60. The Hall–Kier alpha value is -1.14. The van der Waals surface area contributed by atoms with E-state index in [-0.39, 0.29) is 13.2 Å². The fourth-order valence-corrected chi connectivity index (χ4v) is 1.51. The number of aliphatic hydroxyl groups excluding tert-OH is 1. The minimum absolute atomic E-state index is 0.0641. The third-order valence-corrected chi connectivity index (χ3v) is 2.22. The van der Waals surface area contributed by atoms with E-state index in [0.717, 1.165) is 19.3 Å². The number of carbonyl (C=O) groups excluding carboxylic acids is 2. The Balaban J connectivity index is 3.67. The van der Waals surface area contributed by atoms with Gasteiger partial charge in [0.15, 0.2) is 0 Å². The van der Waals surface area contributed by atoms with Crippen molar-refractivity contribution >= 4 is 11.9 Å². The summed E-state index contributed by atoms with van der Waals surface area (Å²) in [5.41, 5.74) is 4.79. The van der Waals surface area contributed by atoms with Gasteiger partial charge < -0.3 is 16.2 Å². The third-order valence-electron chi connectivity index (χ3n) is 2.22. The number of amides is 3. The summed E-state index contributed by atoms with van der Waals surface area (Å²) in [5.74, 6) is -0.0804. The zero-order valence-corrected chi connectivity index (χ0v) is 9.66. The number of urea groups is 1. The van der Waals surface area contributed by atoms with Gasteiger partial charge in [0.1, 0.15) is 0 Å². The van der Waals surface area contributed by atoms with Gasteiger partial charge >= 0.3 is 6.03 Å². The van der Waals surface area contributed by atoms with Crippen molar-refractivity contribution in [3.05, 3.63) is 0 Å². The van der Waals surface area contributed by atoms with Crippen molar-refractivity contribution in [3.63, 3.8) is 0 Å². The maximum atomic E-state index is 11.0. The monoisotopic (exact) mass is 231 g/mol. The maximum Gasteiger partial charge on any atom is 0.318 e. The minimum Gasteiger partial charge on any atom is -0.396 e. The fraction of sp³-hybridized carbons (Fsp3) is 0.800. The first kappa shape index (κ1) is 14.9. The molecule has 0 aliphatic carbocycles. The zero-order valence-electron chi connectivity index (χ0n) is 9.66. The highest BCUT2D eigenvalue weighted by atomic mass is 16.3. The third kappa shape index (κ3) is 8.19. The highest BCUT2D eigenvalue weighted by Crippen LogP contribution is 2.08. The number of hydrogen-bond acceptors (Lipinski definition) is 4. The van der Waals surface area contributed by atoms with Gasteiger partial charge in [-0.1, -0.05) is 13.3 Å². The van der Waals surface area contributed by atoms with E-state index < -0.39 is 11.9 Å². The predicted molar refractivity (Wildman–Crippen MR) is 60.7 cm³/mol. The molecule has 0 fully saturated rings. The Morgan fingerprint density at radius 1 is 1.38 bits per heavy atom. The molecule has 0 spiro atoms. The van der Waals surface area contributed by atoms with Crippen molar-refractivity contribution in [2.45, 2.75) is 26.2 Å². The van der Waals surface area contributed by atoms with Crippen LogP contribution >= 0.6 is 0 Å². The molecule has 94 valence electrons. The number of rotatable bonds is 8. The lowest BCUT2D eigenvalue weighted by molar-refractivity contribution is -0.119. The zero-order chi connectivity index (χ0) is 12.4. The van der Waals surface area contributed by atoms with E-state index in [1.807, 2.05) is 5.32 Å². The molecule has 0 heterocycles. The van der Waals surface area contributed by atoms with Crippen LogP contribution in [0.15, 0.2) is 0 Å². The molecule has 1 unspecified atom stereocenters. The molecule has 0 aliphatic heterocycles. The SMILES string of the molecule is CCCC(CCO)CNCC(=O)NC(N)=O. The lowest BCUT2D eigenvalue weighted by atomic mass is 10.0. The van der Waals surface area contributed by atoms with Gasteiger partial charge in [-0.15, -0.1) is 0 Å². The van der Waals surface area contributed by atoms with Gasteiger partial charge in [-0.2, -0.15) is 0 Å². The molecule has 3 amide bonds. The van der Waals surface area contributed by atoms with Crippen molar-refractivity contribution in [2.75, 3.05) is 19.7 Å². The summed E-state index contributed by atoms with van der Waals surface area (Å²) in [6, 6.07) is -0.840. The molecule has 6 heteroatoms. The lowest BCUT2D eigenvalue weighted by Crippen LogP contribution is -2.41. The fourth-order valence-electron chi connectivity index (χ4n) is 1.51. The summed E-state index contributed by atoms with van der Waals surface area (Å²) in [7, 11) is 0. The van der Waals surface area contributed by atoms with Crippen molar-refractivity contribution in [1.82, 2.24) is 10.6 Å². The van der Waals surface area contributed by atoms with Crippen molar-refractivity contribution in [1.29, 1.82) is 0 Å². The predicted octanol–water partition coefficient (Wildman–Crippen LogP) is -0.430. The van der Waals surface area contributed by atoms with Gasteiger partial charge in [-0.05, 0) is 25.3 Å². The summed E-state index contributed by atoms with van der Waals surface area (Å²) >= 11 is 0. The molecular weight excluding hydrogens is 210 g/mol. The standard InChI is InChI=1S/C10H21N3O3/c1-2-3-8(4-5-14)6-12-7-9(15)13-10(11)16/h8,12,14H,2-7H2,1H3,(H3,11,13,15,16). The Morgan fingerprint density at radius 3 is 2.56 bits per heavy atom. The molecule has 0 bridgehead atoms. The summed E-state index contributed by atoms with van der Waals surface area (Å²) < 4.78 is 0. The molecule has 0 saturated carbocycles. The molecule has 0 saturated heterocycles. The van der Waals surface area contributed by atoms with Crippen LogP contribution in [0.2, 0.25) is 0 Å². The Kier molecular flexibility index (Phi) is 8.46. The number of nitrogens with one attached hydrogen (secondary N) is 2.